The molecule has 1 aromatic rings. The van der Waals surface area contributed by atoms with Crippen molar-refractivity contribution in [3.63, 3.8) is 0 Å². The summed E-state index contributed by atoms with van der Waals surface area (Å²) in [5.41, 5.74) is 1.15. The van der Waals surface area contributed by atoms with Gasteiger partial charge in [-0.2, -0.15) is 5.26 Å². The Hall–Kier alpha value is -2.39. The summed E-state index contributed by atoms with van der Waals surface area (Å²) >= 11 is 0. The first-order valence-electron chi connectivity index (χ1n) is 8.42. The normalized spacial score (nSPS) is 19.4. The summed E-state index contributed by atoms with van der Waals surface area (Å²) in [6, 6.07) is 8.98. The van der Waals surface area contributed by atoms with Crippen LogP contribution in [0.2, 0.25) is 0 Å². The number of carbonyl (C=O) groups excluding carboxylic acids is 2. The van der Waals surface area contributed by atoms with Gasteiger partial charge in [0.1, 0.15) is 0 Å². The average Bonchev–Trinajstić information content (AvgIpc) is 3.44. The van der Waals surface area contributed by atoms with Crippen LogP contribution in [-0.4, -0.2) is 59.9 Å². The zero-order valence-corrected chi connectivity index (χ0v) is 13.9. The zero-order chi connectivity index (χ0) is 17.1. The van der Waals surface area contributed by atoms with Crippen molar-refractivity contribution in [2.24, 2.45) is 0 Å². The first-order valence-corrected chi connectivity index (χ1v) is 8.42. The summed E-state index contributed by atoms with van der Waals surface area (Å²) in [5, 5.41) is 11.9. The van der Waals surface area contributed by atoms with Crippen LogP contribution in [0.1, 0.15) is 35.7 Å². The highest BCUT2D eigenvalue weighted by molar-refractivity contribution is 5.94. The molecular weight excluding hydrogens is 304 g/mol. The van der Waals surface area contributed by atoms with Gasteiger partial charge in [-0.3, -0.25) is 14.5 Å². The van der Waals surface area contributed by atoms with E-state index in [1.165, 1.54) is 0 Å². The van der Waals surface area contributed by atoms with Gasteiger partial charge in [0.15, 0.2) is 0 Å². The van der Waals surface area contributed by atoms with Crippen LogP contribution in [-0.2, 0) is 4.79 Å². The molecule has 24 heavy (non-hydrogen) atoms. The Morgan fingerprint density at radius 2 is 1.79 bits per heavy atom. The predicted molar refractivity (Wildman–Crippen MR) is 89.3 cm³/mol. The minimum atomic E-state index is -0.155. The second-order valence-corrected chi connectivity index (χ2v) is 6.48. The second kappa shape index (κ2) is 7.02. The van der Waals surface area contributed by atoms with Crippen molar-refractivity contribution in [2.45, 2.75) is 31.8 Å². The third kappa shape index (κ3) is 3.74. The molecule has 2 amide bonds. The van der Waals surface area contributed by atoms with Crippen molar-refractivity contribution >= 4 is 11.8 Å². The molecule has 2 aliphatic rings. The number of nitrogens with zero attached hydrogens (tertiary/aromatic N) is 3. The summed E-state index contributed by atoms with van der Waals surface area (Å²) in [7, 11) is 0. The molecule has 0 aromatic heterocycles. The van der Waals surface area contributed by atoms with Gasteiger partial charge in [-0.1, -0.05) is 0 Å². The molecule has 3 rings (SSSR count). The number of nitriles is 1. The molecule has 1 saturated carbocycles. The van der Waals surface area contributed by atoms with Crippen LogP contribution in [0.4, 0.5) is 0 Å². The Bertz CT molecular complexity index is 653. The largest absolute Gasteiger partial charge is 0.352 e. The average molecular weight is 326 g/mol. The van der Waals surface area contributed by atoms with Gasteiger partial charge >= 0.3 is 0 Å². The van der Waals surface area contributed by atoms with Crippen molar-refractivity contribution in [1.82, 2.24) is 15.1 Å². The number of amides is 2. The highest BCUT2D eigenvalue weighted by atomic mass is 16.2. The van der Waals surface area contributed by atoms with E-state index in [2.05, 4.69) is 10.2 Å². The van der Waals surface area contributed by atoms with E-state index in [1.807, 2.05) is 17.9 Å². The zero-order valence-electron chi connectivity index (χ0n) is 13.9. The van der Waals surface area contributed by atoms with Crippen molar-refractivity contribution < 1.29 is 9.59 Å². The predicted octanol–water partition coefficient (Wildman–Crippen LogP) is 0.983. The van der Waals surface area contributed by atoms with E-state index < -0.39 is 0 Å². The van der Waals surface area contributed by atoms with Crippen molar-refractivity contribution in [3.05, 3.63) is 35.4 Å². The minimum absolute atomic E-state index is 0.0192. The third-order valence-corrected chi connectivity index (χ3v) is 4.71. The quantitative estimate of drug-likeness (QED) is 0.895. The van der Waals surface area contributed by atoms with Gasteiger partial charge in [-0.25, -0.2) is 0 Å². The van der Waals surface area contributed by atoms with Crippen LogP contribution in [0.5, 0.6) is 0 Å². The second-order valence-electron chi connectivity index (χ2n) is 6.48. The molecule has 1 N–H and O–H groups in total. The van der Waals surface area contributed by atoms with E-state index in [-0.39, 0.29) is 17.9 Å². The van der Waals surface area contributed by atoms with Crippen LogP contribution < -0.4 is 5.32 Å². The van der Waals surface area contributed by atoms with E-state index in [9.17, 15) is 9.59 Å². The molecular formula is C18H22N4O2. The Morgan fingerprint density at radius 1 is 1.17 bits per heavy atom. The van der Waals surface area contributed by atoms with Crippen LogP contribution in [0.3, 0.4) is 0 Å². The molecule has 126 valence electrons. The Morgan fingerprint density at radius 3 is 2.33 bits per heavy atom. The molecule has 1 heterocycles. The maximum Gasteiger partial charge on any atom is 0.253 e. The van der Waals surface area contributed by atoms with Crippen molar-refractivity contribution in [3.8, 4) is 6.07 Å². The van der Waals surface area contributed by atoms with E-state index in [0.29, 0.717) is 43.3 Å². The van der Waals surface area contributed by atoms with E-state index >= 15 is 0 Å². The smallest absolute Gasteiger partial charge is 0.253 e. The highest BCUT2D eigenvalue weighted by Crippen LogP contribution is 2.19. The molecule has 6 nitrogen and oxygen atoms in total. The number of nitrogens with one attached hydrogen (secondary N) is 1. The van der Waals surface area contributed by atoms with E-state index in [1.54, 1.807) is 24.3 Å². The molecule has 0 radical (unpaired) electrons. The highest BCUT2D eigenvalue weighted by Gasteiger charge is 2.31. The molecule has 1 aliphatic carbocycles. The Kier molecular flexibility index (Phi) is 4.81. The monoisotopic (exact) mass is 326 g/mol. The fourth-order valence-corrected chi connectivity index (χ4v) is 2.90. The first-order chi connectivity index (χ1) is 11.6. The molecule has 1 aromatic carbocycles. The maximum atomic E-state index is 12.5. The van der Waals surface area contributed by atoms with E-state index in [0.717, 1.165) is 12.8 Å². The molecule has 1 aliphatic heterocycles. The Balaban J connectivity index is 1.52. The molecule has 1 saturated heterocycles. The van der Waals surface area contributed by atoms with Gasteiger partial charge in [-0.15, -0.1) is 0 Å². The summed E-state index contributed by atoms with van der Waals surface area (Å²) < 4.78 is 0. The molecule has 0 spiro atoms. The van der Waals surface area contributed by atoms with E-state index in [4.69, 9.17) is 5.26 Å². The van der Waals surface area contributed by atoms with Gasteiger partial charge in [0.2, 0.25) is 5.91 Å². The van der Waals surface area contributed by atoms with Crippen LogP contribution in [0, 0.1) is 11.3 Å². The van der Waals surface area contributed by atoms with Crippen molar-refractivity contribution in [1.29, 1.82) is 5.26 Å². The molecule has 1 atom stereocenters. The summed E-state index contributed by atoms with van der Waals surface area (Å²) in [6.07, 6.45) is 2.18. The SMILES string of the molecule is CC(C(=O)NC1CC1)N1CCN(C(=O)c2ccc(C#N)cc2)CC1. The number of hydrogen-bond donors (Lipinski definition) is 1. The minimum Gasteiger partial charge on any atom is -0.352 e. The van der Waals surface area contributed by atoms with Crippen LogP contribution in [0.15, 0.2) is 24.3 Å². The number of carbonyl (C=O) groups is 2. The van der Waals surface area contributed by atoms with Crippen LogP contribution in [0.25, 0.3) is 0 Å². The van der Waals surface area contributed by atoms with Crippen molar-refractivity contribution in [2.75, 3.05) is 26.2 Å². The van der Waals surface area contributed by atoms with Crippen LogP contribution >= 0.6 is 0 Å². The maximum absolute atomic E-state index is 12.5. The lowest BCUT2D eigenvalue weighted by Gasteiger charge is -2.37. The van der Waals surface area contributed by atoms with Gasteiger partial charge in [0, 0.05) is 37.8 Å². The topological polar surface area (TPSA) is 76.4 Å². The lowest BCUT2D eigenvalue weighted by Crippen LogP contribution is -2.55. The third-order valence-electron chi connectivity index (χ3n) is 4.71. The fourth-order valence-electron chi connectivity index (χ4n) is 2.90. The summed E-state index contributed by atoms with van der Waals surface area (Å²) in [5.74, 6) is 0.0681. The molecule has 0 bridgehead atoms. The summed E-state index contributed by atoms with van der Waals surface area (Å²) in [6.45, 7) is 4.54. The summed E-state index contributed by atoms with van der Waals surface area (Å²) in [4.78, 5) is 28.6. The molecule has 1 unspecified atom stereocenters. The number of hydrogen-bond acceptors (Lipinski definition) is 4. The number of benzene rings is 1. The number of rotatable bonds is 4. The van der Waals surface area contributed by atoms with Gasteiger partial charge < -0.3 is 10.2 Å². The van der Waals surface area contributed by atoms with Gasteiger partial charge in [0.05, 0.1) is 17.7 Å². The van der Waals surface area contributed by atoms with Gasteiger partial charge in [0.25, 0.3) is 5.91 Å². The standard InChI is InChI=1S/C18H22N4O2/c1-13(17(23)20-16-6-7-16)21-8-10-22(11-9-21)18(24)15-4-2-14(12-19)3-5-15/h2-5,13,16H,6-11H2,1H3,(H,20,23). The lowest BCUT2D eigenvalue weighted by atomic mass is 10.1. The fraction of sp³-hybridized carbons (Fsp3) is 0.500. The number of piperazine rings is 1. The molecule has 2 fully saturated rings. The first kappa shape index (κ1) is 16.5. The Labute approximate surface area is 142 Å². The van der Waals surface area contributed by atoms with Gasteiger partial charge in [-0.05, 0) is 44.0 Å². The lowest BCUT2D eigenvalue weighted by molar-refractivity contribution is -0.126. The molecule has 6 heteroatoms.